The smallest absolute Gasteiger partial charge is 0.0595 e. The molecular weight excluding hydrogens is 334 g/mol. The second kappa shape index (κ2) is 7.56. The van der Waals surface area contributed by atoms with Gasteiger partial charge in [0.1, 0.15) is 0 Å². The number of hydrogen-bond donors (Lipinski definition) is 0. The highest BCUT2D eigenvalue weighted by Crippen LogP contribution is 2.25. The van der Waals surface area contributed by atoms with E-state index in [1.165, 1.54) is 5.56 Å². The Bertz CT molecular complexity index is 563. The van der Waals surface area contributed by atoms with Crippen molar-refractivity contribution in [2.45, 2.75) is 12.8 Å². The lowest BCUT2D eigenvalue weighted by Crippen LogP contribution is -2.10. The third-order valence-electron chi connectivity index (χ3n) is 3.16. The second-order valence-electron chi connectivity index (χ2n) is 4.80. The quantitative estimate of drug-likeness (QED) is 0.557. The van der Waals surface area contributed by atoms with Crippen LogP contribution in [0.15, 0.2) is 42.5 Å². The fraction of sp³-hybridized carbons (Fsp3) is 0.250. The molecule has 0 saturated heterocycles. The summed E-state index contributed by atoms with van der Waals surface area (Å²) in [5.74, 6) is 0.957. The molecule has 2 aromatic carbocycles. The number of rotatable bonds is 5. The van der Waals surface area contributed by atoms with Crippen molar-refractivity contribution in [1.29, 1.82) is 0 Å². The molecule has 2 rings (SSSR count). The maximum atomic E-state index is 6.08. The van der Waals surface area contributed by atoms with Gasteiger partial charge in [0.05, 0.1) is 10.0 Å². The van der Waals surface area contributed by atoms with Crippen molar-refractivity contribution in [2.24, 2.45) is 5.92 Å². The summed E-state index contributed by atoms with van der Waals surface area (Å²) in [4.78, 5) is 0. The molecule has 4 heteroatoms. The molecule has 0 nitrogen and oxygen atoms in total. The van der Waals surface area contributed by atoms with Crippen LogP contribution in [0.1, 0.15) is 11.1 Å². The first-order chi connectivity index (χ1) is 9.58. The number of halogens is 4. The number of hydrogen-bond acceptors (Lipinski definition) is 0. The maximum Gasteiger partial charge on any atom is 0.0595 e. The van der Waals surface area contributed by atoms with Gasteiger partial charge in [0.15, 0.2) is 0 Å². The highest BCUT2D eigenvalue weighted by atomic mass is 35.5. The minimum Gasteiger partial charge on any atom is -0.126 e. The van der Waals surface area contributed by atoms with Gasteiger partial charge >= 0.3 is 0 Å². The van der Waals surface area contributed by atoms with Crippen molar-refractivity contribution in [2.75, 3.05) is 5.88 Å². The van der Waals surface area contributed by atoms with Crippen LogP contribution in [0.5, 0.6) is 0 Å². The Morgan fingerprint density at radius 2 is 1.35 bits per heavy atom. The fourth-order valence-electron chi connectivity index (χ4n) is 2.14. The predicted molar refractivity (Wildman–Crippen MR) is 89.5 cm³/mol. The zero-order valence-corrected chi connectivity index (χ0v) is 13.8. The maximum absolute atomic E-state index is 6.08. The molecule has 0 saturated carbocycles. The topological polar surface area (TPSA) is 0 Å². The van der Waals surface area contributed by atoms with Crippen molar-refractivity contribution in [3.8, 4) is 0 Å². The Morgan fingerprint density at radius 1 is 0.750 bits per heavy atom. The van der Waals surface area contributed by atoms with Gasteiger partial charge < -0.3 is 0 Å². The summed E-state index contributed by atoms with van der Waals surface area (Å²) in [5, 5.41) is 1.92. The van der Waals surface area contributed by atoms with Crippen LogP contribution in [0, 0.1) is 5.92 Å². The highest BCUT2D eigenvalue weighted by Gasteiger charge is 2.11. The summed E-state index contributed by atoms with van der Waals surface area (Å²) >= 11 is 23.9. The minimum atomic E-state index is 0.357. The molecular formula is C16H14Cl4. The van der Waals surface area contributed by atoms with E-state index >= 15 is 0 Å². The lowest BCUT2D eigenvalue weighted by molar-refractivity contribution is 0.584. The van der Waals surface area contributed by atoms with Crippen molar-refractivity contribution < 1.29 is 0 Å². The van der Waals surface area contributed by atoms with Crippen molar-refractivity contribution >= 4 is 46.4 Å². The molecule has 0 N–H and O–H groups in total. The molecule has 1 atom stereocenters. The van der Waals surface area contributed by atoms with E-state index in [9.17, 15) is 0 Å². The van der Waals surface area contributed by atoms with Crippen LogP contribution in [0.25, 0.3) is 0 Å². The zero-order valence-electron chi connectivity index (χ0n) is 10.8. The SMILES string of the molecule is ClCC(Cc1ccc(Cl)cc1)Cc1ccc(Cl)c(Cl)c1. The van der Waals surface area contributed by atoms with Crippen LogP contribution in [-0.4, -0.2) is 5.88 Å². The van der Waals surface area contributed by atoms with Crippen molar-refractivity contribution in [3.63, 3.8) is 0 Å². The van der Waals surface area contributed by atoms with Gasteiger partial charge in [-0.05, 0) is 54.2 Å². The van der Waals surface area contributed by atoms with Crippen molar-refractivity contribution in [3.05, 3.63) is 68.7 Å². The average molecular weight is 348 g/mol. The predicted octanol–water partition coefficient (Wildman–Crippen LogP) is 6.29. The van der Waals surface area contributed by atoms with Gasteiger partial charge in [-0.25, -0.2) is 0 Å². The van der Waals surface area contributed by atoms with Gasteiger partial charge in [-0.2, -0.15) is 0 Å². The summed E-state index contributed by atoms with van der Waals surface area (Å²) in [5.41, 5.74) is 2.39. The summed E-state index contributed by atoms with van der Waals surface area (Å²) in [6, 6.07) is 13.6. The lowest BCUT2D eigenvalue weighted by atomic mass is 9.94. The lowest BCUT2D eigenvalue weighted by Gasteiger charge is -2.14. The van der Waals surface area contributed by atoms with Gasteiger partial charge in [-0.15, -0.1) is 11.6 Å². The molecule has 0 heterocycles. The fourth-order valence-corrected chi connectivity index (χ4v) is 2.80. The standard InChI is InChI=1S/C16H14Cl4/c17-10-13(7-11-1-4-14(18)5-2-11)8-12-3-6-15(19)16(20)9-12/h1-6,9,13H,7-8,10H2. The molecule has 2 aromatic rings. The monoisotopic (exact) mass is 346 g/mol. The van der Waals surface area contributed by atoms with Gasteiger partial charge in [0, 0.05) is 10.9 Å². The molecule has 0 aromatic heterocycles. The van der Waals surface area contributed by atoms with Gasteiger partial charge in [0.2, 0.25) is 0 Å². The molecule has 0 aliphatic carbocycles. The summed E-state index contributed by atoms with van der Waals surface area (Å²) in [6.45, 7) is 0. The van der Waals surface area contributed by atoms with E-state index in [2.05, 4.69) is 0 Å². The van der Waals surface area contributed by atoms with Crippen LogP contribution in [0.3, 0.4) is 0 Å². The van der Waals surface area contributed by atoms with Crippen LogP contribution < -0.4 is 0 Å². The number of benzene rings is 2. The minimum absolute atomic E-state index is 0.357. The van der Waals surface area contributed by atoms with E-state index in [1.54, 1.807) is 0 Å². The van der Waals surface area contributed by atoms with E-state index in [-0.39, 0.29) is 0 Å². The summed E-state index contributed by atoms with van der Waals surface area (Å²) in [6.07, 6.45) is 1.80. The van der Waals surface area contributed by atoms with Crippen molar-refractivity contribution in [1.82, 2.24) is 0 Å². The first-order valence-corrected chi connectivity index (χ1v) is 7.99. The summed E-state index contributed by atoms with van der Waals surface area (Å²) < 4.78 is 0. The highest BCUT2D eigenvalue weighted by molar-refractivity contribution is 6.42. The second-order valence-corrected chi connectivity index (χ2v) is 6.36. The van der Waals surface area contributed by atoms with Crippen LogP contribution >= 0.6 is 46.4 Å². The van der Waals surface area contributed by atoms with Gasteiger partial charge in [0.25, 0.3) is 0 Å². The first-order valence-electron chi connectivity index (χ1n) is 6.33. The molecule has 20 heavy (non-hydrogen) atoms. The molecule has 0 fully saturated rings. The Hall–Kier alpha value is -0.400. The number of alkyl halides is 1. The normalized spacial score (nSPS) is 12.4. The van der Waals surface area contributed by atoms with Crippen LogP contribution in [0.4, 0.5) is 0 Å². The Kier molecular flexibility index (Phi) is 6.04. The average Bonchev–Trinajstić information content (AvgIpc) is 2.44. The molecule has 0 amide bonds. The van der Waals surface area contributed by atoms with Crippen LogP contribution in [0.2, 0.25) is 15.1 Å². The molecule has 106 valence electrons. The molecule has 0 aliphatic heterocycles. The molecule has 1 unspecified atom stereocenters. The van der Waals surface area contributed by atoms with E-state index in [0.717, 1.165) is 23.4 Å². The van der Waals surface area contributed by atoms with E-state index < -0.39 is 0 Å². The first kappa shape index (κ1) is 16.0. The Balaban J connectivity index is 2.04. The molecule has 0 aliphatic rings. The Labute approximate surface area is 139 Å². The third kappa shape index (κ3) is 4.56. The van der Waals surface area contributed by atoms with Gasteiger partial charge in [-0.1, -0.05) is 53.0 Å². The van der Waals surface area contributed by atoms with E-state index in [1.807, 2.05) is 42.5 Å². The molecule has 0 spiro atoms. The van der Waals surface area contributed by atoms with E-state index in [0.29, 0.717) is 21.8 Å². The third-order valence-corrected chi connectivity index (χ3v) is 4.59. The van der Waals surface area contributed by atoms with E-state index in [4.69, 9.17) is 46.4 Å². The van der Waals surface area contributed by atoms with Crippen LogP contribution in [-0.2, 0) is 12.8 Å². The largest absolute Gasteiger partial charge is 0.126 e. The zero-order chi connectivity index (χ0) is 14.5. The molecule has 0 bridgehead atoms. The van der Waals surface area contributed by atoms with Gasteiger partial charge in [-0.3, -0.25) is 0 Å². The molecule has 0 radical (unpaired) electrons. The Morgan fingerprint density at radius 3 is 1.95 bits per heavy atom. The summed E-state index contributed by atoms with van der Waals surface area (Å²) in [7, 11) is 0.